The second-order valence-electron chi connectivity index (χ2n) is 4.64. The Kier molecular flexibility index (Phi) is 2.50. The molecule has 0 aromatic carbocycles. The second kappa shape index (κ2) is 3.91. The highest BCUT2D eigenvalue weighted by molar-refractivity contribution is 8.00. The molecule has 1 aliphatic rings. The van der Waals surface area contributed by atoms with E-state index in [1.54, 1.807) is 6.20 Å². The van der Waals surface area contributed by atoms with Gasteiger partial charge in [0.2, 0.25) is 5.95 Å². The molecule has 0 saturated heterocycles. The highest BCUT2D eigenvalue weighted by Crippen LogP contribution is 2.44. The number of nitrogens with two attached hydrogens (primary N) is 1. The van der Waals surface area contributed by atoms with Crippen molar-refractivity contribution in [2.75, 3.05) is 12.0 Å². The second-order valence-corrected chi connectivity index (χ2v) is 5.92. The van der Waals surface area contributed by atoms with E-state index < -0.39 is 0 Å². The van der Waals surface area contributed by atoms with E-state index in [9.17, 15) is 0 Å². The van der Waals surface area contributed by atoms with Crippen LogP contribution in [0.2, 0.25) is 0 Å². The minimum absolute atomic E-state index is 0.346. The van der Waals surface area contributed by atoms with Gasteiger partial charge in [-0.3, -0.25) is 4.57 Å². The number of fused-ring (bicyclic) bond motifs is 1. The van der Waals surface area contributed by atoms with E-state index in [4.69, 9.17) is 5.73 Å². The van der Waals surface area contributed by atoms with E-state index in [1.807, 2.05) is 23.9 Å². The number of hydrogen-bond acceptors (Lipinski definition) is 4. The van der Waals surface area contributed by atoms with Gasteiger partial charge in [0.15, 0.2) is 5.65 Å². The summed E-state index contributed by atoms with van der Waals surface area (Å²) in [5.74, 6) is 0.582. The van der Waals surface area contributed by atoms with Crippen LogP contribution in [0.25, 0.3) is 11.2 Å². The highest BCUT2D eigenvalue weighted by atomic mass is 32.2. The molecule has 1 fully saturated rings. The van der Waals surface area contributed by atoms with Gasteiger partial charge in [-0.05, 0) is 31.2 Å². The van der Waals surface area contributed by atoms with Gasteiger partial charge in [0.1, 0.15) is 5.52 Å². The number of rotatable bonds is 3. The fourth-order valence-electron chi connectivity index (χ4n) is 2.42. The van der Waals surface area contributed by atoms with E-state index in [0.717, 1.165) is 17.7 Å². The molecule has 2 aromatic heterocycles. The van der Waals surface area contributed by atoms with Crippen LogP contribution in [-0.4, -0.2) is 25.5 Å². The summed E-state index contributed by atoms with van der Waals surface area (Å²) in [5.41, 5.74) is 7.79. The Morgan fingerprint density at radius 1 is 1.53 bits per heavy atom. The van der Waals surface area contributed by atoms with Crippen molar-refractivity contribution in [1.29, 1.82) is 0 Å². The van der Waals surface area contributed by atoms with Crippen LogP contribution >= 0.6 is 11.8 Å². The van der Waals surface area contributed by atoms with Crippen molar-refractivity contribution in [3.63, 3.8) is 0 Å². The maximum absolute atomic E-state index is 6.00. The molecule has 0 spiro atoms. The van der Waals surface area contributed by atoms with Crippen LogP contribution in [-0.2, 0) is 6.54 Å². The van der Waals surface area contributed by atoms with Gasteiger partial charge in [-0.25, -0.2) is 9.97 Å². The van der Waals surface area contributed by atoms with Crippen molar-refractivity contribution >= 4 is 28.9 Å². The summed E-state index contributed by atoms with van der Waals surface area (Å²) in [6.45, 7) is 0.924. The van der Waals surface area contributed by atoms with Crippen LogP contribution in [0.4, 0.5) is 5.95 Å². The van der Waals surface area contributed by atoms with E-state index in [-0.39, 0.29) is 0 Å². The first-order valence-electron chi connectivity index (χ1n) is 5.86. The molecule has 0 atom stereocenters. The third kappa shape index (κ3) is 1.69. The Bertz CT molecular complexity index is 539. The number of nitrogens with zero attached hydrogens (tertiary/aromatic N) is 3. The zero-order valence-electron chi connectivity index (χ0n) is 9.89. The van der Waals surface area contributed by atoms with Crippen molar-refractivity contribution in [3.05, 3.63) is 18.3 Å². The fraction of sp³-hybridized carbons (Fsp3) is 0.500. The molecule has 4 nitrogen and oxygen atoms in total. The first-order valence-corrected chi connectivity index (χ1v) is 7.08. The Balaban J connectivity index is 2.02. The van der Waals surface area contributed by atoms with Gasteiger partial charge in [-0.15, -0.1) is 0 Å². The largest absolute Gasteiger partial charge is 0.369 e. The average molecular weight is 248 g/mol. The minimum atomic E-state index is 0.346. The number of nitrogen functional groups attached to an aromatic ring is 1. The van der Waals surface area contributed by atoms with Gasteiger partial charge >= 0.3 is 0 Å². The molecule has 0 aliphatic heterocycles. The van der Waals surface area contributed by atoms with Crippen LogP contribution in [0.5, 0.6) is 0 Å². The van der Waals surface area contributed by atoms with Crippen molar-refractivity contribution in [3.8, 4) is 0 Å². The molecule has 0 radical (unpaired) electrons. The normalized spacial score (nSPS) is 18.2. The predicted molar refractivity (Wildman–Crippen MR) is 72.0 cm³/mol. The third-order valence-corrected chi connectivity index (χ3v) is 5.08. The molecule has 0 amide bonds. The lowest BCUT2D eigenvalue weighted by Gasteiger charge is -2.40. The van der Waals surface area contributed by atoms with Crippen molar-refractivity contribution in [2.24, 2.45) is 0 Å². The number of anilines is 1. The lowest BCUT2D eigenvalue weighted by Crippen LogP contribution is -2.38. The first kappa shape index (κ1) is 10.9. The van der Waals surface area contributed by atoms with E-state index in [1.165, 1.54) is 19.3 Å². The Labute approximate surface area is 105 Å². The topological polar surface area (TPSA) is 56.7 Å². The fourth-order valence-corrected chi connectivity index (χ4v) is 3.37. The summed E-state index contributed by atoms with van der Waals surface area (Å²) in [6.07, 6.45) is 7.83. The molecule has 2 aromatic rings. The molecule has 0 unspecified atom stereocenters. The van der Waals surface area contributed by atoms with Crippen molar-refractivity contribution in [1.82, 2.24) is 14.5 Å². The number of hydrogen-bond donors (Lipinski definition) is 1. The highest BCUT2D eigenvalue weighted by Gasteiger charge is 2.37. The Hall–Kier alpha value is -1.23. The predicted octanol–water partition coefficient (Wildman–Crippen LogP) is 2.30. The van der Waals surface area contributed by atoms with Gasteiger partial charge in [0.25, 0.3) is 0 Å². The summed E-state index contributed by atoms with van der Waals surface area (Å²) < 4.78 is 2.41. The van der Waals surface area contributed by atoms with Crippen molar-refractivity contribution < 1.29 is 0 Å². The maximum atomic E-state index is 6.00. The molecule has 0 bridgehead atoms. The van der Waals surface area contributed by atoms with Crippen LogP contribution in [0.15, 0.2) is 18.3 Å². The van der Waals surface area contributed by atoms with E-state index in [0.29, 0.717) is 10.7 Å². The summed E-state index contributed by atoms with van der Waals surface area (Å²) in [4.78, 5) is 8.75. The molecule has 2 N–H and O–H groups in total. The van der Waals surface area contributed by atoms with Crippen LogP contribution in [0, 0.1) is 0 Å². The molecule has 17 heavy (non-hydrogen) atoms. The average Bonchev–Trinajstić information content (AvgIpc) is 2.60. The maximum Gasteiger partial charge on any atom is 0.202 e. The summed E-state index contributed by atoms with van der Waals surface area (Å²) in [5, 5.41) is 0. The molecule has 3 rings (SSSR count). The SMILES string of the molecule is CSC1(Cn2c(N)nc3cccnc32)CCC1. The quantitative estimate of drug-likeness (QED) is 0.905. The molecule has 90 valence electrons. The van der Waals surface area contributed by atoms with Gasteiger partial charge in [0, 0.05) is 17.5 Å². The molecular formula is C12H16N4S. The Morgan fingerprint density at radius 3 is 3.00 bits per heavy atom. The number of aromatic nitrogens is 3. The summed E-state index contributed by atoms with van der Waals surface area (Å²) in [7, 11) is 0. The third-order valence-electron chi connectivity index (χ3n) is 3.68. The standard InChI is InChI=1S/C12H16N4S/c1-17-12(5-3-6-12)8-16-10-9(15-11(16)13)4-2-7-14-10/h2,4,7H,3,5-6,8H2,1H3,(H2,13,15). The zero-order chi connectivity index (χ0) is 11.9. The van der Waals surface area contributed by atoms with Crippen LogP contribution < -0.4 is 5.73 Å². The minimum Gasteiger partial charge on any atom is -0.369 e. The molecule has 5 heteroatoms. The van der Waals surface area contributed by atoms with Gasteiger partial charge in [-0.1, -0.05) is 6.42 Å². The Morgan fingerprint density at radius 2 is 2.35 bits per heavy atom. The summed E-state index contributed by atoms with van der Waals surface area (Å²) in [6, 6.07) is 3.86. The van der Waals surface area contributed by atoms with Gasteiger partial charge < -0.3 is 5.73 Å². The number of imidazole rings is 1. The smallest absolute Gasteiger partial charge is 0.202 e. The van der Waals surface area contributed by atoms with E-state index in [2.05, 4.69) is 20.8 Å². The lowest BCUT2D eigenvalue weighted by atomic mass is 9.84. The molecule has 1 saturated carbocycles. The number of thioether (sulfide) groups is 1. The molecule has 1 aliphatic carbocycles. The number of pyridine rings is 1. The first-order chi connectivity index (χ1) is 8.24. The monoisotopic (exact) mass is 248 g/mol. The van der Waals surface area contributed by atoms with E-state index >= 15 is 0 Å². The summed E-state index contributed by atoms with van der Waals surface area (Å²) >= 11 is 1.94. The van der Waals surface area contributed by atoms with Crippen LogP contribution in [0.1, 0.15) is 19.3 Å². The molecular weight excluding hydrogens is 232 g/mol. The van der Waals surface area contributed by atoms with Crippen LogP contribution in [0.3, 0.4) is 0 Å². The lowest BCUT2D eigenvalue weighted by molar-refractivity contribution is 0.326. The van der Waals surface area contributed by atoms with Crippen molar-refractivity contribution in [2.45, 2.75) is 30.6 Å². The molecule has 2 heterocycles. The van der Waals surface area contributed by atoms with Gasteiger partial charge in [-0.2, -0.15) is 11.8 Å². The van der Waals surface area contributed by atoms with Gasteiger partial charge in [0.05, 0.1) is 0 Å². The zero-order valence-corrected chi connectivity index (χ0v) is 10.7.